The van der Waals surface area contributed by atoms with E-state index in [0.717, 1.165) is 13.0 Å². The minimum atomic E-state index is -0.196. The molecule has 150 valence electrons. The predicted molar refractivity (Wildman–Crippen MR) is 113 cm³/mol. The first-order valence-corrected chi connectivity index (χ1v) is 10.8. The topological polar surface area (TPSA) is 74.3 Å². The SMILES string of the molecule is CC1CCCCN1CCCNC(=O)Cc1csc(NC(=O)c2ccccc2)n1. The number of carbonyl (C=O) groups is 2. The number of anilines is 1. The predicted octanol–water partition coefficient (Wildman–Crippen LogP) is 3.32. The highest BCUT2D eigenvalue weighted by Crippen LogP contribution is 2.17. The Balaban J connectivity index is 1.37. The van der Waals surface area contributed by atoms with Crippen LogP contribution in [-0.4, -0.2) is 47.4 Å². The summed E-state index contributed by atoms with van der Waals surface area (Å²) >= 11 is 1.33. The Hall–Kier alpha value is -2.25. The highest BCUT2D eigenvalue weighted by atomic mass is 32.1. The molecular formula is C21H28N4O2S. The fraction of sp³-hybridized carbons (Fsp3) is 0.476. The van der Waals surface area contributed by atoms with Crippen molar-refractivity contribution in [1.82, 2.24) is 15.2 Å². The van der Waals surface area contributed by atoms with Crippen molar-refractivity contribution < 1.29 is 9.59 Å². The standard InChI is InChI=1S/C21H28N4O2S/c1-16-8-5-6-12-25(16)13-7-11-22-19(26)14-18-15-28-21(23-18)24-20(27)17-9-3-2-4-10-17/h2-4,9-10,15-16H,5-8,11-14H2,1H3,(H,22,26)(H,23,24,27). The van der Waals surface area contributed by atoms with Gasteiger partial charge in [-0.15, -0.1) is 11.3 Å². The lowest BCUT2D eigenvalue weighted by Crippen LogP contribution is -2.39. The van der Waals surface area contributed by atoms with Gasteiger partial charge < -0.3 is 10.2 Å². The number of benzene rings is 1. The first-order valence-electron chi connectivity index (χ1n) is 9.93. The Morgan fingerprint density at radius 1 is 1.25 bits per heavy atom. The third kappa shape index (κ3) is 6.14. The van der Waals surface area contributed by atoms with E-state index in [9.17, 15) is 9.59 Å². The molecule has 1 saturated heterocycles. The van der Waals surface area contributed by atoms with Gasteiger partial charge in [0.15, 0.2) is 5.13 Å². The average molecular weight is 401 g/mol. The summed E-state index contributed by atoms with van der Waals surface area (Å²) in [6.07, 6.45) is 5.09. The largest absolute Gasteiger partial charge is 0.356 e. The first-order chi connectivity index (χ1) is 13.6. The average Bonchev–Trinajstić information content (AvgIpc) is 3.13. The molecule has 1 aliphatic heterocycles. The van der Waals surface area contributed by atoms with Crippen LogP contribution >= 0.6 is 11.3 Å². The van der Waals surface area contributed by atoms with Crippen molar-refractivity contribution in [3.05, 3.63) is 47.0 Å². The normalized spacial score (nSPS) is 17.2. The van der Waals surface area contributed by atoms with E-state index in [2.05, 4.69) is 27.4 Å². The van der Waals surface area contributed by atoms with E-state index in [-0.39, 0.29) is 18.2 Å². The Kier molecular flexibility index (Phi) is 7.56. The van der Waals surface area contributed by atoms with E-state index in [4.69, 9.17) is 0 Å². The van der Waals surface area contributed by atoms with E-state index >= 15 is 0 Å². The van der Waals surface area contributed by atoms with E-state index in [1.165, 1.54) is 37.1 Å². The van der Waals surface area contributed by atoms with Gasteiger partial charge in [-0.1, -0.05) is 24.6 Å². The van der Waals surface area contributed by atoms with Gasteiger partial charge in [0.05, 0.1) is 12.1 Å². The van der Waals surface area contributed by atoms with Crippen molar-refractivity contribution in [2.24, 2.45) is 0 Å². The summed E-state index contributed by atoms with van der Waals surface area (Å²) in [7, 11) is 0. The summed E-state index contributed by atoms with van der Waals surface area (Å²) in [5.41, 5.74) is 1.26. The maximum Gasteiger partial charge on any atom is 0.257 e. The second-order valence-corrected chi connectivity index (χ2v) is 8.08. The highest BCUT2D eigenvalue weighted by Gasteiger charge is 2.17. The molecular weight excluding hydrogens is 372 g/mol. The van der Waals surface area contributed by atoms with Crippen LogP contribution in [0.1, 0.15) is 48.7 Å². The van der Waals surface area contributed by atoms with Crippen molar-refractivity contribution >= 4 is 28.3 Å². The van der Waals surface area contributed by atoms with Crippen molar-refractivity contribution in [3.63, 3.8) is 0 Å². The van der Waals surface area contributed by atoms with Gasteiger partial charge in [-0.2, -0.15) is 0 Å². The number of rotatable bonds is 8. The van der Waals surface area contributed by atoms with Crippen LogP contribution in [0.25, 0.3) is 0 Å². The van der Waals surface area contributed by atoms with Crippen molar-refractivity contribution in [1.29, 1.82) is 0 Å². The Bertz CT molecular complexity index is 778. The van der Waals surface area contributed by atoms with Gasteiger partial charge in [-0.05, 0) is 44.9 Å². The number of piperidine rings is 1. The zero-order valence-corrected chi connectivity index (χ0v) is 17.1. The number of nitrogens with zero attached hydrogens (tertiary/aromatic N) is 2. The summed E-state index contributed by atoms with van der Waals surface area (Å²) in [5, 5.41) is 8.07. The number of hydrogen-bond acceptors (Lipinski definition) is 5. The summed E-state index contributed by atoms with van der Waals surface area (Å²) < 4.78 is 0. The lowest BCUT2D eigenvalue weighted by atomic mass is 10.0. The van der Waals surface area contributed by atoms with E-state index in [1.54, 1.807) is 12.1 Å². The number of carbonyl (C=O) groups excluding carboxylic acids is 2. The van der Waals surface area contributed by atoms with Crippen molar-refractivity contribution in [2.45, 2.75) is 45.1 Å². The molecule has 7 heteroatoms. The fourth-order valence-corrected chi connectivity index (χ4v) is 4.14. The van der Waals surface area contributed by atoms with Gasteiger partial charge >= 0.3 is 0 Å². The van der Waals surface area contributed by atoms with Gasteiger partial charge in [0.1, 0.15) is 0 Å². The molecule has 6 nitrogen and oxygen atoms in total. The molecule has 0 spiro atoms. The number of likely N-dealkylation sites (tertiary alicyclic amines) is 1. The molecule has 1 aromatic carbocycles. The number of aromatic nitrogens is 1. The Labute approximate surface area is 170 Å². The number of hydrogen-bond donors (Lipinski definition) is 2. The van der Waals surface area contributed by atoms with Crippen LogP contribution in [0.2, 0.25) is 0 Å². The summed E-state index contributed by atoms with van der Waals surface area (Å²) in [6.45, 7) is 5.18. The molecule has 3 rings (SSSR count). The summed E-state index contributed by atoms with van der Waals surface area (Å²) in [5.74, 6) is -0.226. The lowest BCUT2D eigenvalue weighted by Gasteiger charge is -2.33. The monoisotopic (exact) mass is 400 g/mol. The third-order valence-electron chi connectivity index (χ3n) is 5.03. The van der Waals surface area contributed by atoms with Crippen molar-refractivity contribution in [3.8, 4) is 0 Å². The fourth-order valence-electron chi connectivity index (χ4n) is 3.43. The minimum Gasteiger partial charge on any atom is -0.356 e. The molecule has 0 radical (unpaired) electrons. The zero-order chi connectivity index (χ0) is 19.8. The van der Waals surface area contributed by atoms with Gasteiger partial charge in [0, 0.05) is 30.1 Å². The molecule has 0 bridgehead atoms. The van der Waals surface area contributed by atoms with Crippen LogP contribution in [0.5, 0.6) is 0 Å². The van der Waals surface area contributed by atoms with E-state index < -0.39 is 0 Å². The molecule has 2 amide bonds. The second kappa shape index (κ2) is 10.3. The van der Waals surface area contributed by atoms with Gasteiger partial charge in [0.25, 0.3) is 5.91 Å². The molecule has 2 aromatic rings. The maximum atomic E-state index is 12.1. The van der Waals surface area contributed by atoms with Crippen molar-refractivity contribution in [2.75, 3.05) is 25.0 Å². The Morgan fingerprint density at radius 2 is 2.07 bits per heavy atom. The molecule has 0 aliphatic carbocycles. The molecule has 2 heterocycles. The van der Waals surface area contributed by atoms with Crippen LogP contribution in [0.4, 0.5) is 5.13 Å². The van der Waals surface area contributed by atoms with Crippen LogP contribution in [0, 0.1) is 0 Å². The minimum absolute atomic E-state index is 0.0297. The second-order valence-electron chi connectivity index (χ2n) is 7.23. The first kappa shape index (κ1) is 20.5. The molecule has 1 unspecified atom stereocenters. The van der Waals surface area contributed by atoms with Gasteiger partial charge in [0.2, 0.25) is 5.91 Å². The molecule has 1 fully saturated rings. The number of amides is 2. The van der Waals surface area contributed by atoms with Gasteiger partial charge in [-0.25, -0.2) is 4.98 Å². The zero-order valence-electron chi connectivity index (χ0n) is 16.3. The summed E-state index contributed by atoms with van der Waals surface area (Å²) in [4.78, 5) is 31.1. The van der Waals surface area contributed by atoms with Crippen LogP contribution in [0.15, 0.2) is 35.7 Å². The van der Waals surface area contributed by atoms with Crippen LogP contribution in [-0.2, 0) is 11.2 Å². The van der Waals surface area contributed by atoms with Gasteiger partial charge in [-0.3, -0.25) is 14.9 Å². The molecule has 0 saturated carbocycles. The van der Waals surface area contributed by atoms with Crippen LogP contribution < -0.4 is 10.6 Å². The van der Waals surface area contributed by atoms with Crippen LogP contribution in [0.3, 0.4) is 0 Å². The van der Waals surface area contributed by atoms with E-state index in [0.29, 0.717) is 29.0 Å². The molecule has 28 heavy (non-hydrogen) atoms. The molecule has 1 aromatic heterocycles. The Morgan fingerprint density at radius 3 is 2.86 bits per heavy atom. The maximum absolute atomic E-state index is 12.1. The molecule has 2 N–H and O–H groups in total. The summed E-state index contributed by atoms with van der Waals surface area (Å²) in [6, 6.07) is 9.66. The number of thiazole rings is 1. The number of nitrogens with one attached hydrogen (secondary N) is 2. The molecule has 1 atom stereocenters. The third-order valence-corrected chi connectivity index (χ3v) is 5.84. The smallest absolute Gasteiger partial charge is 0.257 e. The quantitative estimate of drug-likeness (QED) is 0.667. The van der Waals surface area contributed by atoms with E-state index in [1.807, 2.05) is 23.6 Å². The highest BCUT2D eigenvalue weighted by molar-refractivity contribution is 7.14. The molecule has 1 aliphatic rings. The lowest BCUT2D eigenvalue weighted by molar-refractivity contribution is -0.120.